The zero-order chi connectivity index (χ0) is 6.91. The molecule has 1 saturated carbocycles. The summed E-state index contributed by atoms with van der Waals surface area (Å²) in [4.78, 5) is 0. The van der Waals surface area contributed by atoms with Crippen LogP contribution in [0.5, 0.6) is 0 Å². The van der Waals surface area contributed by atoms with Crippen LogP contribution >= 0.6 is 31.9 Å². The van der Waals surface area contributed by atoms with E-state index in [1.165, 1.54) is 0 Å². The van der Waals surface area contributed by atoms with Gasteiger partial charge in [0.25, 0.3) is 0 Å². The van der Waals surface area contributed by atoms with Crippen LogP contribution in [0.15, 0.2) is 0 Å². The van der Waals surface area contributed by atoms with Crippen molar-refractivity contribution in [3.63, 3.8) is 0 Å². The second-order valence-electron chi connectivity index (χ2n) is 2.77. The van der Waals surface area contributed by atoms with Crippen molar-refractivity contribution in [2.24, 2.45) is 5.41 Å². The van der Waals surface area contributed by atoms with Crippen molar-refractivity contribution in [1.82, 2.24) is 0 Å². The Kier molecular flexibility index (Phi) is 2.55. The lowest BCUT2D eigenvalue weighted by molar-refractivity contribution is 0.0695. The smallest absolute Gasteiger partial charge is 0.101 e. The number of alkyl halides is 3. The quantitative estimate of drug-likeness (QED) is 0.669. The van der Waals surface area contributed by atoms with Gasteiger partial charge in [0.05, 0.1) is 0 Å². The molecule has 0 spiro atoms. The summed E-state index contributed by atoms with van der Waals surface area (Å²) in [7, 11) is 0. The van der Waals surface area contributed by atoms with E-state index in [0.29, 0.717) is 0 Å². The Morgan fingerprint density at radius 2 is 1.78 bits per heavy atom. The Morgan fingerprint density at radius 1 is 1.33 bits per heavy atom. The number of hydrogen-bond donors (Lipinski definition) is 0. The van der Waals surface area contributed by atoms with Gasteiger partial charge in [0.1, 0.15) is 6.17 Å². The molecule has 0 nitrogen and oxygen atoms in total. The third kappa shape index (κ3) is 1.48. The van der Waals surface area contributed by atoms with Gasteiger partial charge in [-0.2, -0.15) is 0 Å². The van der Waals surface area contributed by atoms with Gasteiger partial charge in [0, 0.05) is 10.7 Å². The molecule has 0 radical (unpaired) electrons. The van der Waals surface area contributed by atoms with E-state index in [0.717, 1.165) is 23.5 Å². The van der Waals surface area contributed by atoms with Crippen molar-refractivity contribution in [3.8, 4) is 0 Å². The Hall–Kier alpha value is 0.890. The maximum Gasteiger partial charge on any atom is 0.101 e. The summed E-state index contributed by atoms with van der Waals surface area (Å²) in [5, 5.41) is 1.84. The van der Waals surface area contributed by atoms with E-state index in [9.17, 15) is 4.39 Å². The fraction of sp³-hybridized carbons (Fsp3) is 1.00. The van der Waals surface area contributed by atoms with Crippen LogP contribution in [0.3, 0.4) is 0 Å². The van der Waals surface area contributed by atoms with Crippen LogP contribution in [-0.4, -0.2) is 16.8 Å². The van der Waals surface area contributed by atoms with Crippen LogP contribution in [-0.2, 0) is 0 Å². The average molecular weight is 260 g/mol. The van der Waals surface area contributed by atoms with E-state index < -0.39 is 6.17 Å². The number of hydrogen-bond acceptors (Lipinski definition) is 0. The van der Waals surface area contributed by atoms with Gasteiger partial charge < -0.3 is 0 Å². The zero-order valence-corrected chi connectivity index (χ0v) is 8.21. The molecular formula is C6H9Br2F. The minimum absolute atomic E-state index is 0.236. The van der Waals surface area contributed by atoms with E-state index in [4.69, 9.17) is 0 Å². The van der Waals surface area contributed by atoms with E-state index in [1.54, 1.807) is 0 Å². The van der Waals surface area contributed by atoms with E-state index in [1.807, 2.05) is 0 Å². The number of rotatable bonds is 2. The molecule has 9 heavy (non-hydrogen) atoms. The van der Waals surface area contributed by atoms with Crippen LogP contribution in [0.25, 0.3) is 0 Å². The van der Waals surface area contributed by atoms with Gasteiger partial charge in [0.15, 0.2) is 0 Å². The lowest BCUT2D eigenvalue weighted by atomic mass is 9.71. The normalized spacial score (nSPS) is 25.7. The fourth-order valence-electron chi connectivity index (χ4n) is 1.13. The minimum Gasteiger partial charge on any atom is -0.247 e. The van der Waals surface area contributed by atoms with E-state index in [-0.39, 0.29) is 5.41 Å². The van der Waals surface area contributed by atoms with Crippen LogP contribution in [0, 0.1) is 5.41 Å². The van der Waals surface area contributed by atoms with Crippen LogP contribution < -0.4 is 0 Å². The Bertz CT molecular complexity index is 93.2. The van der Waals surface area contributed by atoms with Gasteiger partial charge in [-0.25, -0.2) is 4.39 Å². The molecule has 0 aromatic carbocycles. The molecular weight excluding hydrogens is 251 g/mol. The summed E-state index contributed by atoms with van der Waals surface area (Å²) in [6, 6.07) is 0. The van der Waals surface area contributed by atoms with Crippen molar-refractivity contribution in [1.29, 1.82) is 0 Å². The molecule has 1 aliphatic rings. The standard InChI is InChI=1S/C6H9Br2F/c7-3-6(4-8)1-5(9)2-6/h5H,1-4H2. The Morgan fingerprint density at radius 3 is 1.89 bits per heavy atom. The van der Waals surface area contributed by atoms with Crippen molar-refractivity contribution in [2.75, 3.05) is 10.7 Å². The predicted molar refractivity (Wildman–Crippen MR) is 44.2 cm³/mol. The molecule has 54 valence electrons. The summed E-state index contributed by atoms with van der Waals surface area (Å²) in [6.07, 6.45) is 0.910. The Labute approximate surface area is 71.5 Å². The first-order valence-corrected chi connectivity index (χ1v) is 5.23. The Balaban J connectivity index is 2.36. The summed E-state index contributed by atoms with van der Waals surface area (Å²) in [5.74, 6) is 0. The van der Waals surface area contributed by atoms with E-state index >= 15 is 0 Å². The molecule has 0 amide bonds. The van der Waals surface area contributed by atoms with Gasteiger partial charge in [-0.05, 0) is 18.3 Å². The molecule has 3 heteroatoms. The summed E-state index contributed by atoms with van der Waals surface area (Å²) < 4.78 is 12.3. The maximum atomic E-state index is 12.3. The first-order chi connectivity index (χ1) is 4.22. The highest BCUT2D eigenvalue weighted by Crippen LogP contribution is 2.45. The maximum absolute atomic E-state index is 12.3. The highest BCUT2D eigenvalue weighted by Gasteiger charge is 2.42. The lowest BCUT2D eigenvalue weighted by Crippen LogP contribution is -2.41. The van der Waals surface area contributed by atoms with Gasteiger partial charge in [-0.15, -0.1) is 0 Å². The van der Waals surface area contributed by atoms with E-state index in [2.05, 4.69) is 31.9 Å². The monoisotopic (exact) mass is 258 g/mol. The minimum atomic E-state index is -0.542. The zero-order valence-electron chi connectivity index (χ0n) is 5.04. The predicted octanol–water partition coefficient (Wildman–Crippen LogP) is 2.89. The molecule has 0 aromatic heterocycles. The van der Waals surface area contributed by atoms with Crippen molar-refractivity contribution >= 4 is 31.9 Å². The van der Waals surface area contributed by atoms with Gasteiger partial charge in [0.2, 0.25) is 0 Å². The molecule has 0 heterocycles. The van der Waals surface area contributed by atoms with Gasteiger partial charge in [-0.3, -0.25) is 0 Å². The van der Waals surface area contributed by atoms with Crippen LogP contribution in [0.1, 0.15) is 12.8 Å². The van der Waals surface area contributed by atoms with Crippen LogP contribution in [0.2, 0.25) is 0 Å². The van der Waals surface area contributed by atoms with Gasteiger partial charge >= 0.3 is 0 Å². The lowest BCUT2D eigenvalue weighted by Gasteiger charge is -2.41. The first-order valence-electron chi connectivity index (χ1n) is 2.98. The largest absolute Gasteiger partial charge is 0.247 e. The highest BCUT2D eigenvalue weighted by atomic mass is 79.9. The molecule has 0 bridgehead atoms. The summed E-state index contributed by atoms with van der Waals surface area (Å²) >= 11 is 6.75. The number of halogens is 3. The molecule has 1 aliphatic carbocycles. The summed E-state index contributed by atoms with van der Waals surface area (Å²) in [5.41, 5.74) is 0.236. The average Bonchev–Trinajstić information content (AvgIpc) is 1.81. The molecule has 0 aliphatic heterocycles. The molecule has 0 aromatic rings. The molecule has 0 N–H and O–H groups in total. The molecule has 0 atom stereocenters. The first kappa shape index (κ1) is 7.99. The second kappa shape index (κ2) is 2.87. The second-order valence-corrected chi connectivity index (χ2v) is 3.89. The van der Waals surface area contributed by atoms with Crippen molar-refractivity contribution < 1.29 is 4.39 Å². The molecule has 1 rings (SSSR count). The van der Waals surface area contributed by atoms with Gasteiger partial charge in [-0.1, -0.05) is 31.9 Å². The van der Waals surface area contributed by atoms with Crippen molar-refractivity contribution in [3.05, 3.63) is 0 Å². The summed E-state index contributed by atoms with van der Waals surface area (Å²) in [6.45, 7) is 0. The SMILES string of the molecule is FC1CC(CBr)(CBr)C1. The molecule has 1 fully saturated rings. The highest BCUT2D eigenvalue weighted by molar-refractivity contribution is 9.09. The molecule has 0 unspecified atom stereocenters. The fourth-order valence-corrected chi connectivity index (χ4v) is 2.98. The topological polar surface area (TPSA) is 0 Å². The third-order valence-corrected chi connectivity index (χ3v) is 4.25. The molecule has 0 saturated heterocycles. The van der Waals surface area contributed by atoms with Crippen LogP contribution in [0.4, 0.5) is 4.39 Å². The van der Waals surface area contributed by atoms with Crippen molar-refractivity contribution in [2.45, 2.75) is 19.0 Å². The third-order valence-electron chi connectivity index (χ3n) is 1.88.